The zero-order valence-corrected chi connectivity index (χ0v) is 17.9. The summed E-state index contributed by atoms with van der Waals surface area (Å²) in [5, 5.41) is 0.126. The number of nitrogens with one attached hydrogen (secondary N) is 1. The number of methoxy groups -OCH3 is 6. The summed E-state index contributed by atoms with van der Waals surface area (Å²) >= 11 is 0. The number of benzene rings is 2. The molecule has 10 nitrogen and oxygen atoms in total. The van der Waals surface area contributed by atoms with Gasteiger partial charge >= 0.3 is 0 Å². The number of nitrogens with zero attached hydrogens (tertiary/aromatic N) is 1. The summed E-state index contributed by atoms with van der Waals surface area (Å²) in [6.07, 6.45) is 0. The van der Waals surface area contributed by atoms with Gasteiger partial charge in [-0.15, -0.1) is 0 Å². The molecule has 164 valence electrons. The van der Waals surface area contributed by atoms with Gasteiger partial charge in [0.2, 0.25) is 17.3 Å². The lowest BCUT2D eigenvalue weighted by atomic mass is 10.1. The van der Waals surface area contributed by atoms with Gasteiger partial charge < -0.3 is 33.4 Å². The van der Waals surface area contributed by atoms with Crippen LogP contribution in [-0.2, 0) is 0 Å². The minimum Gasteiger partial charge on any atom is -0.493 e. The Morgan fingerprint density at radius 2 is 1.26 bits per heavy atom. The van der Waals surface area contributed by atoms with Crippen LogP contribution in [-0.4, -0.2) is 58.4 Å². The maximum absolute atomic E-state index is 13.1. The van der Waals surface area contributed by atoms with Crippen LogP contribution in [0.25, 0.3) is 10.9 Å². The van der Waals surface area contributed by atoms with Crippen LogP contribution in [0.15, 0.2) is 23.0 Å². The molecular weight excluding hydrogens is 408 g/mol. The van der Waals surface area contributed by atoms with Crippen LogP contribution in [0.4, 0.5) is 0 Å². The van der Waals surface area contributed by atoms with E-state index in [1.54, 1.807) is 0 Å². The third-order valence-electron chi connectivity index (χ3n) is 4.64. The molecule has 2 aromatic carbocycles. The molecule has 0 fully saturated rings. The number of ether oxygens (including phenoxy) is 6. The van der Waals surface area contributed by atoms with Gasteiger partial charge in [0.25, 0.3) is 5.56 Å². The van der Waals surface area contributed by atoms with E-state index < -0.39 is 11.3 Å². The molecule has 1 aromatic heterocycles. The van der Waals surface area contributed by atoms with Gasteiger partial charge in [0, 0.05) is 11.6 Å². The highest BCUT2D eigenvalue weighted by Gasteiger charge is 2.23. The highest BCUT2D eigenvalue weighted by molar-refractivity contribution is 6.08. The minimum absolute atomic E-state index is 0.126. The molecule has 10 heteroatoms. The normalized spacial score (nSPS) is 10.5. The van der Waals surface area contributed by atoms with Crippen LogP contribution < -0.4 is 34.0 Å². The van der Waals surface area contributed by atoms with Gasteiger partial charge in [-0.05, 0) is 12.1 Å². The van der Waals surface area contributed by atoms with Crippen molar-refractivity contribution in [3.05, 3.63) is 39.9 Å². The average molecular weight is 430 g/mol. The van der Waals surface area contributed by atoms with Crippen molar-refractivity contribution in [2.24, 2.45) is 0 Å². The van der Waals surface area contributed by atoms with Crippen LogP contribution in [0.1, 0.15) is 16.2 Å². The molecule has 0 spiro atoms. The number of carbonyl (C=O) groups is 1. The number of aromatic amines is 1. The number of carbonyl (C=O) groups excluding carboxylic acids is 1. The van der Waals surface area contributed by atoms with Gasteiger partial charge in [0.15, 0.2) is 28.8 Å². The van der Waals surface area contributed by atoms with Crippen LogP contribution in [0.3, 0.4) is 0 Å². The van der Waals surface area contributed by atoms with E-state index >= 15 is 0 Å². The molecule has 0 bridgehead atoms. The lowest BCUT2D eigenvalue weighted by molar-refractivity contribution is 0.102. The van der Waals surface area contributed by atoms with Gasteiger partial charge in [-0.2, -0.15) is 0 Å². The van der Waals surface area contributed by atoms with Gasteiger partial charge in [0.05, 0.1) is 48.2 Å². The first-order chi connectivity index (χ1) is 14.9. The fourth-order valence-electron chi connectivity index (χ4n) is 3.23. The van der Waals surface area contributed by atoms with Gasteiger partial charge in [0.1, 0.15) is 5.39 Å². The number of hydrogen-bond donors (Lipinski definition) is 1. The van der Waals surface area contributed by atoms with E-state index in [1.807, 2.05) is 0 Å². The maximum atomic E-state index is 13.1. The fourth-order valence-corrected chi connectivity index (χ4v) is 3.23. The Hall–Kier alpha value is -3.95. The third-order valence-corrected chi connectivity index (χ3v) is 4.64. The van der Waals surface area contributed by atoms with E-state index in [0.717, 1.165) is 0 Å². The quantitative estimate of drug-likeness (QED) is 0.537. The van der Waals surface area contributed by atoms with Crippen LogP contribution in [0.5, 0.6) is 34.5 Å². The summed E-state index contributed by atoms with van der Waals surface area (Å²) < 4.78 is 31.8. The number of H-pyrrole nitrogens is 1. The van der Waals surface area contributed by atoms with Crippen LogP contribution in [0.2, 0.25) is 0 Å². The Labute approximate surface area is 177 Å². The van der Waals surface area contributed by atoms with Crippen molar-refractivity contribution in [3.63, 3.8) is 0 Å². The highest BCUT2D eigenvalue weighted by atomic mass is 16.5. The second kappa shape index (κ2) is 8.82. The molecule has 3 aromatic rings. The molecule has 0 radical (unpaired) electrons. The molecule has 0 aliphatic rings. The summed E-state index contributed by atoms with van der Waals surface area (Å²) in [5.74, 6) is 0.890. The molecule has 3 rings (SSSR count). The predicted molar refractivity (Wildman–Crippen MR) is 112 cm³/mol. The van der Waals surface area contributed by atoms with E-state index in [1.165, 1.54) is 60.9 Å². The molecule has 0 saturated heterocycles. The first-order valence-corrected chi connectivity index (χ1v) is 9.01. The van der Waals surface area contributed by atoms with Crippen molar-refractivity contribution in [3.8, 4) is 34.5 Å². The maximum Gasteiger partial charge on any atom is 0.263 e. The smallest absolute Gasteiger partial charge is 0.263 e. The van der Waals surface area contributed by atoms with Crippen molar-refractivity contribution < 1.29 is 33.2 Å². The third kappa shape index (κ3) is 3.67. The molecule has 1 N–H and O–H groups in total. The zero-order chi connectivity index (χ0) is 22.7. The molecule has 0 saturated carbocycles. The Bertz CT molecular complexity index is 1180. The van der Waals surface area contributed by atoms with Crippen molar-refractivity contribution in [2.75, 3.05) is 42.7 Å². The SMILES string of the molecule is COc1cc(C(=O)c2nc3cc(OC)c(OC)c(OC)c3c(=O)[nH]2)cc(OC)c1OC. The molecule has 31 heavy (non-hydrogen) atoms. The Morgan fingerprint density at radius 1 is 0.742 bits per heavy atom. The molecule has 0 aliphatic heterocycles. The lowest BCUT2D eigenvalue weighted by Gasteiger charge is -2.15. The van der Waals surface area contributed by atoms with E-state index in [4.69, 9.17) is 28.4 Å². The standard InChI is InChI=1S/C21H22N2O8/c1-26-12-7-10(8-13(27-2)17(12)29-4)16(24)20-22-11-9-14(28-3)18(30-5)19(31-6)15(11)21(25)23-20/h7-9H,1-6H3,(H,22,23,25). The van der Waals surface area contributed by atoms with E-state index in [2.05, 4.69) is 9.97 Å². The number of fused-ring (bicyclic) bond motifs is 1. The number of ketones is 1. The average Bonchev–Trinajstić information content (AvgIpc) is 2.80. The summed E-state index contributed by atoms with van der Waals surface area (Å²) in [4.78, 5) is 32.8. The van der Waals surface area contributed by atoms with Crippen molar-refractivity contribution >= 4 is 16.7 Å². The lowest BCUT2D eigenvalue weighted by Crippen LogP contribution is -2.18. The summed E-state index contributed by atoms with van der Waals surface area (Å²) in [6.45, 7) is 0. The predicted octanol–water partition coefficient (Wildman–Crippen LogP) is 2.21. The second-order valence-corrected chi connectivity index (χ2v) is 6.20. The number of aromatic nitrogens is 2. The summed E-state index contributed by atoms with van der Waals surface area (Å²) in [7, 11) is 8.60. The van der Waals surface area contributed by atoms with E-state index in [9.17, 15) is 9.59 Å². The first kappa shape index (κ1) is 21.8. The zero-order valence-electron chi connectivity index (χ0n) is 17.9. The van der Waals surface area contributed by atoms with Crippen LogP contribution >= 0.6 is 0 Å². The second-order valence-electron chi connectivity index (χ2n) is 6.20. The molecule has 1 heterocycles. The van der Waals surface area contributed by atoms with Crippen molar-refractivity contribution in [1.82, 2.24) is 9.97 Å². The molecule has 0 amide bonds. The van der Waals surface area contributed by atoms with Crippen LogP contribution in [0, 0.1) is 0 Å². The Balaban J connectivity index is 2.22. The Morgan fingerprint density at radius 3 is 1.74 bits per heavy atom. The van der Waals surface area contributed by atoms with Crippen molar-refractivity contribution in [2.45, 2.75) is 0 Å². The van der Waals surface area contributed by atoms with E-state index in [-0.39, 0.29) is 33.8 Å². The van der Waals surface area contributed by atoms with Gasteiger partial charge in [-0.25, -0.2) is 4.98 Å². The summed E-state index contributed by atoms with van der Waals surface area (Å²) in [5.41, 5.74) is -0.183. The molecule has 0 aliphatic carbocycles. The largest absolute Gasteiger partial charge is 0.493 e. The number of hydrogen-bond acceptors (Lipinski definition) is 9. The van der Waals surface area contributed by atoms with Crippen molar-refractivity contribution in [1.29, 1.82) is 0 Å². The van der Waals surface area contributed by atoms with Gasteiger partial charge in [-0.3, -0.25) is 9.59 Å². The summed E-state index contributed by atoms with van der Waals surface area (Å²) in [6, 6.07) is 4.45. The fraction of sp³-hybridized carbons (Fsp3) is 0.286. The minimum atomic E-state index is -0.571. The Kier molecular flexibility index (Phi) is 6.19. The topological polar surface area (TPSA) is 118 Å². The molecule has 0 unspecified atom stereocenters. The number of rotatable bonds is 8. The van der Waals surface area contributed by atoms with Gasteiger partial charge in [-0.1, -0.05) is 0 Å². The van der Waals surface area contributed by atoms with E-state index in [0.29, 0.717) is 23.0 Å². The monoisotopic (exact) mass is 430 g/mol. The molecule has 0 atom stereocenters. The molecular formula is C21H22N2O8. The first-order valence-electron chi connectivity index (χ1n) is 9.01. The highest BCUT2D eigenvalue weighted by Crippen LogP contribution is 2.42.